The molecule has 1 aromatic heterocycles. The third kappa shape index (κ3) is 3.42. The lowest BCUT2D eigenvalue weighted by atomic mass is 10.0. The van der Waals surface area contributed by atoms with Gasteiger partial charge in [0.25, 0.3) is 0 Å². The quantitative estimate of drug-likeness (QED) is 0.376. The van der Waals surface area contributed by atoms with Gasteiger partial charge in [-0.1, -0.05) is 29.8 Å². The van der Waals surface area contributed by atoms with Crippen LogP contribution in [-0.4, -0.2) is 16.7 Å². The molecule has 2 rings (SSSR count). The Morgan fingerprint density at radius 1 is 1.20 bits per heavy atom. The number of benzene rings is 1. The third-order valence-electron chi connectivity index (χ3n) is 2.64. The zero-order chi connectivity index (χ0) is 14.5. The average molecular weight is 290 g/mol. The van der Waals surface area contributed by atoms with Crippen LogP contribution in [0.15, 0.2) is 42.6 Å². The van der Waals surface area contributed by atoms with Crippen LogP contribution in [0.25, 0.3) is 0 Å². The lowest BCUT2D eigenvalue weighted by Gasteiger charge is -2.08. The molecule has 0 spiro atoms. The second-order valence-electron chi connectivity index (χ2n) is 4.14. The van der Waals surface area contributed by atoms with E-state index in [4.69, 9.17) is 16.3 Å². The maximum Gasteiger partial charge on any atom is 0.308 e. The molecule has 0 aliphatic heterocycles. The summed E-state index contributed by atoms with van der Waals surface area (Å²) in [7, 11) is 0. The second-order valence-corrected chi connectivity index (χ2v) is 4.50. The van der Waals surface area contributed by atoms with Gasteiger partial charge >= 0.3 is 5.97 Å². The fourth-order valence-electron chi connectivity index (χ4n) is 1.77. The number of pyridine rings is 1. The number of nitrogens with zero attached hydrogens (tertiary/aromatic N) is 1. The Labute approximate surface area is 121 Å². The Kier molecular flexibility index (Phi) is 4.48. The van der Waals surface area contributed by atoms with Crippen LogP contribution in [0.4, 0.5) is 0 Å². The van der Waals surface area contributed by atoms with Gasteiger partial charge in [-0.25, -0.2) is 4.98 Å². The number of carbonyl (C=O) groups is 2. The topological polar surface area (TPSA) is 56.3 Å². The van der Waals surface area contributed by atoms with Crippen molar-refractivity contribution in [3.63, 3.8) is 0 Å². The van der Waals surface area contributed by atoms with Gasteiger partial charge in [0.05, 0.1) is 5.56 Å². The monoisotopic (exact) mass is 289 g/mol. The van der Waals surface area contributed by atoms with E-state index in [9.17, 15) is 9.59 Å². The van der Waals surface area contributed by atoms with Crippen molar-refractivity contribution in [2.75, 3.05) is 0 Å². The molecule has 0 N–H and O–H groups in total. The molecule has 0 atom stereocenters. The number of hydrogen-bond donors (Lipinski definition) is 0. The van der Waals surface area contributed by atoms with Crippen LogP contribution in [0, 0.1) is 0 Å². The highest BCUT2D eigenvalue weighted by molar-refractivity contribution is 6.32. The van der Waals surface area contributed by atoms with Crippen molar-refractivity contribution < 1.29 is 14.3 Å². The summed E-state index contributed by atoms with van der Waals surface area (Å²) in [5.41, 5.74) is 0.986. The minimum Gasteiger partial charge on any atom is -0.426 e. The zero-order valence-electron chi connectivity index (χ0n) is 10.8. The van der Waals surface area contributed by atoms with Crippen LogP contribution in [0.1, 0.15) is 22.8 Å². The summed E-state index contributed by atoms with van der Waals surface area (Å²) < 4.78 is 5.07. The summed E-state index contributed by atoms with van der Waals surface area (Å²) in [5.74, 6) is -0.222. The van der Waals surface area contributed by atoms with E-state index in [1.165, 1.54) is 13.1 Å². The number of aromatic nitrogens is 1. The van der Waals surface area contributed by atoms with Crippen LogP contribution in [0.2, 0.25) is 5.15 Å². The van der Waals surface area contributed by atoms with E-state index < -0.39 is 5.97 Å². The molecule has 5 heteroatoms. The van der Waals surface area contributed by atoms with Gasteiger partial charge in [-0.3, -0.25) is 9.59 Å². The minimum atomic E-state index is -0.427. The SMILES string of the molecule is CC(=O)Oc1ccccc1CC(=O)c1cccnc1Cl. The lowest BCUT2D eigenvalue weighted by Crippen LogP contribution is -2.09. The predicted molar refractivity (Wildman–Crippen MR) is 75.0 cm³/mol. The van der Waals surface area contributed by atoms with E-state index in [1.807, 2.05) is 0 Å². The number of hydrogen-bond acceptors (Lipinski definition) is 4. The smallest absolute Gasteiger partial charge is 0.308 e. The van der Waals surface area contributed by atoms with Gasteiger partial charge in [0, 0.05) is 25.1 Å². The molecule has 1 heterocycles. The average Bonchev–Trinajstić information content (AvgIpc) is 2.41. The van der Waals surface area contributed by atoms with Crippen LogP contribution in [0.5, 0.6) is 5.75 Å². The molecule has 0 bridgehead atoms. The molecule has 0 aliphatic rings. The Morgan fingerprint density at radius 3 is 2.65 bits per heavy atom. The predicted octanol–water partition coefficient (Wildman–Crippen LogP) is 3.09. The Morgan fingerprint density at radius 2 is 1.95 bits per heavy atom. The zero-order valence-corrected chi connectivity index (χ0v) is 11.6. The molecular weight excluding hydrogens is 278 g/mol. The van der Waals surface area contributed by atoms with Crippen LogP contribution < -0.4 is 4.74 Å². The summed E-state index contributed by atoms with van der Waals surface area (Å²) in [6.07, 6.45) is 1.61. The molecule has 0 fully saturated rings. The molecule has 0 saturated heterocycles. The lowest BCUT2D eigenvalue weighted by molar-refractivity contribution is -0.131. The number of halogens is 1. The molecule has 0 aliphatic carbocycles. The molecule has 4 nitrogen and oxygen atoms in total. The number of ketones is 1. The number of rotatable bonds is 4. The van der Waals surface area contributed by atoms with E-state index in [-0.39, 0.29) is 17.4 Å². The standard InChI is InChI=1S/C15H12ClNO3/c1-10(18)20-14-7-3-2-5-11(14)9-13(19)12-6-4-8-17-15(12)16/h2-8H,9H2,1H3. The number of esters is 1. The maximum atomic E-state index is 12.2. The number of Topliss-reactive ketones (excluding diaryl/α,β-unsaturated/α-hetero) is 1. The first kappa shape index (κ1) is 14.2. The normalized spacial score (nSPS) is 10.1. The highest BCUT2D eigenvalue weighted by atomic mass is 35.5. The molecular formula is C15H12ClNO3. The largest absolute Gasteiger partial charge is 0.426 e. The molecule has 0 unspecified atom stereocenters. The third-order valence-corrected chi connectivity index (χ3v) is 2.94. The summed E-state index contributed by atoms with van der Waals surface area (Å²) in [5, 5.41) is 0.169. The van der Waals surface area contributed by atoms with E-state index in [2.05, 4.69) is 4.98 Å². The van der Waals surface area contributed by atoms with Gasteiger partial charge in [0.15, 0.2) is 5.78 Å². The Bertz CT molecular complexity index is 655. The highest BCUT2D eigenvalue weighted by Crippen LogP contribution is 2.22. The number of carbonyl (C=O) groups excluding carboxylic acids is 2. The minimum absolute atomic E-state index is 0.0921. The van der Waals surface area contributed by atoms with E-state index >= 15 is 0 Å². The van der Waals surface area contributed by atoms with Crippen LogP contribution in [0.3, 0.4) is 0 Å². The van der Waals surface area contributed by atoms with Crippen LogP contribution >= 0.6 is 11.6 Å². The van der Waals surface area contributed by atoms with Gasteiger partial charge in [-0.2, -0.15) is 0 Å². The van der Waals surface area contributed by atoms with Crippen molar-refractivity contribution in [2.24, 2.45) is 0 Å². The fraction of sp³-hybridized carbons (Fsp3) is 0.133. The molecule has 20 heavy (non-hydrogen) atoms. The van der Waals surface area contributed by atoms with Crippen molar-refractivity contribution in [2.45, 2.75) is 13.3 Å². The molecule has 0 saturated carbocycles. The number of para-hydroxylation sites is 1. The molecule has 102 valence electrons. The fourth-order valence-corrected chi connectivity index (χ4v) is 1.99. The maximum absolute atomic E-state index is 12.2. The molecule has 0 amide bonds. The summed E-state index contributed by atoms with van der Waals surface area (Å²) in [6, 6.07) is 10.2. The van der Waals surface area contributed by atoms with Gasteiger partial charge in [0.2, 0.25) is 0 Å². The van der Waals surface area contributed by atoms with Crippen molar-refractivity contribution in [1.29, 1.82) is 0 Å². The van der Waals surface area contributed by atoms with Crippen molar-refractivity contribution >= 4 is 23.4 Å². The van der Waals surface area contributed by atoms with Gasteiger partial charge in [-0.15, -0.1) is 0 Å². The second kappa shape index (κ2) is 6.30. The first-order chi connectivity index (χ1) is 9.58. The summed E-state index contributed by atoms with van der Waals surface area (Å²) >= 11 is 5.89. The van der Waals surface area contributed by atoms with Crippen molar-refractivity contribution in [1.82, 2.24) is 4.98 Å². The van der Waals surface area contributed by atoms with E-state index in [0.29, 0.717) is 16.9 Å². The van der Waals surface area contributed by atoms with Crippen molar-refractivity contribution in [3.05, 3.63) is 58.9 Å². The molecule has 1 aromatic carbocycles. The van der Waals surface area contributed by atoms with Gasteiger partial charge in [-0.05, 0) is 18.2 Å². The first-order valence-electron chi connectivity index (χ1n) is 5.98. The Hall–Kier alpha value is -2.20. The highest BCUT2D eigenvalue weighted by Gasteiger charge is 2.14. The molecule has 2 aromatic rings. The van der Waals surface area contributed by atoms with Crippen molar-refractivity contribution in [3.8, 4) is 5.75 Å². The number of ether oxygens (including phenoxy) is 1. The summed E-state index contributed by atoms with van der Waals surface area (Å²) in [6.45, 7) is 1.32. The van der Waals surface area contributed by atoms with E-state index in [1.54, 1.807) is 36.4 Å². The van der Waals surface area contributed by atoms with Gasteiger partial charge < -0.3 is 4.74 Å². The van der Waals surface area contributed by atoms with E-state index in [0.717, 1.165) is 0 Å². The van der Waals surface area contributed by atoms with Crippen LogP contribution in [-0.2, 0) is 11.2 Å². The Balaban J connectivity index is 2.24. The van der Waals surface area contributed by atoms with Gasteiger partial charge in [0.1, 0.15) is 10.9 Å². The summed E-state index contributed by atoms with van der Waals surface area (Å²) in [4.78, 5) is 27.1. The molecule has 0 radical (unpaired) electrons. The first-order valence-corrected chi connectivity index (χ1v) is 6.36.